The zero-order valence-electron chi connectivity index (χ0n) is 15.6. The van der Waals surface area contributed by atoms with Gasteiger partial charge in [-0.2, -0.15) is 13.2 Å². The Labute approximate surface area is 169 Å². The lowest BCUT2D eigenvalue weighted by Gasteiger charge is -2.30. The largest absolute Gasteiger partial charge is 0.490 e. The molecular weight excluding hydrogens is 404 g/mol. The average Bonchev–Trinajstić information content (AvgIpc) is 2.71. The third-order valence-electron chi connectivity index (χ3n) is 4.38. The monoisotopic (exact) mass is 420 g/mol. The Kier molecular flexibility index (Phi) is 6.35. The Bertz CT molecular complexity index is 994. The first-order valence-electron chi connectivity index (χ1n) is 9.02. The maximum absolute atomic E-state index is 13.8. The van der Waals surface area contributed by atoms with Crippen molar-refractivity contribution in [2.45, 2.75) is 25.1 Å². The zero-order chi connectivity index (χ0) is 21.7. The molecule has 1 unspecified atom stereocenters. The fourth-order valence-corrected chi connectivity index (χ4v) is 2.90. The van der Waals surface area contributed by atoms with Crippen molar-refractivity contribution in [3.63, 3.8) is 0 Å². The SMILES string of the molecule is O=C1C(OC(=O)C(F)(F)F)CCCN1CC#Cc1ccc(-c2ccccc2F)nc1. The number of piperidine rings is 1. The summed E-state index contributed by atoms with van der Waals surface area (Å²) >= 11 is 0. The molecule has 1 aliphatic heterocycles. The molecule has 0 N–H and O–H groups in total. The number of ether oxygens (including phenoxy) is 1. The van der Waals surface area contributed by atoms with Crippen molar-refractivity contribution in [2.75, 3.05) is 13.1 Å². The van der Waals surface area contributed by atoms with Crippen molar-refractivity contribution in [3.05, 3.63) is 54.0 Å². The smallest absolute Gasteiger partial charge is 0.446 e. The van der Waals surface area contributed by atoms with E-state index in [0.717, 1.165) is 0 Å². The number of aromatic nitrogens is 1. The topological polar surface area (TPSA) is 59.5 Å². The van der Waals surface area contributed by atoms with Crippen molar-refractivity contribution in [1.29, 1.82) is 0 Å². The Hall–Kier alpha value is -3.41. The van der Waals surface area contributed by atoms with Gasteiger partial charge >= 0.3 is 12.1 Å². The molecular formula is C21H16F4N2O3. The molecule has 5 nitrogen and oxygen atoms in total. The van der Waals surface area contributed by atoms with Crippen LogP contribution in [0.25, 0.3) is 11.3 Å². The van der Waals surface area contributed by atoms with Crippen molar-refractivity contribution in [3.8, 4) is 23.1 Å². The van der Waals surface area contributed by atoms with Gasteiger partial charge in [-0.1, -0.05) is 24.0 Å². The van der Waals surface area contributed by atoms with Crippen LogP contribution in [0.15, 0.2) is 42.6 Å². The van der Waals surface area contributed by atoms with Crippen LogP contribution < -0.4 is 0 Å². The second-order valence-corrected chi connectivity index (χ2v) is 6.51. The molecule has 0 aliphatic carbocycles. The number of nitrogens with zero attached hydrogens (tertiary/aromatic N) is 2. The van der Waals surface area contributed by atoms with Gasteiger partial charge in [0.15, 0.2) is 6.10 Å². The summed E-state index contributed by atoms with van der Waals surface area (Å²) in [6, 6.07) is 9.47. The van der Waals surface area contributed by atoms with Gasteiger partial charge in [-0.25, -0.2) is 9.18 Å². The third kappa shape index (κ3) is 5.14. The lowest BCUT2D eigenvalue weighted by Crippen LogP contribution is -2.47. The highest BCUT2D eigenvalue weighted by Crippen LogP contribution is 2.22. The van der Waals surface area contributed by atoms with Crippen LogP contribution in [0, 0.1) is 17.7 Å². The third-order valence-corrected chi connectivity index (χ3v) is 4.38. The molecule has 1 aliphatic rings. The van der Waals surface area contributed by atoms with Crippen LogP contribution in [0.2, 0.25) is 0 Å². The van der Waals surface area contributed by atoms with Gasteiger partial charge in [-0.3, -0.25) is 9.78 Å². The molecule has 1 saturated heterocycles. The summed E-state index contributed by atoms with van der Waals surface area (Å²) in [6.07, 6.45) is -4.73. The van der Waals surface area contributed by atoms with E-state index < -0.39 is 30.0 Å². The molecule has 30 heavy (non-hydrogen) atoms. The van der Waals surface area contributed by atoms with E-state index in [0.29, 0.717) is 29.8 Å². The first kappa shape index (κ1) is 21.3. The number of alkyl halides is 3. The minimum atomic E-state index is -5.15. The summed E-state index contributed by atoms with van der Waals surface area (Å²) in [5.74, 6) is 2.07. The molecule has 0 radical (unpaired) electrons. The van der Waals surface area contributed by atoms with Crippen LogP contribution in [0.1, 0.15) is 18.4 Å². The van der Waals surface area contributed by atoms with E-state index in [1.54, 1.807) is 30.3 Å². The summed E-state index contributed by atoms with van der Waals surface area (Å²) in [5.41, 5.74) is 1.33. The number of rotatable bonds is 3. The van der Waals surface area contributed by atoms with Crippen molar-refractivity contribution in [1.82, 2.24) is 9.88 Å². The molecule has 0 saturated carbocycles. The Balaban J connectivity index is 1.61. The van der Waals surface area contributed by atoms with E-state index in [1.165, 1.54) is 17.2 Å². The first-order chi connectivity index (χ1) is 14.3. The second kappa shape index (κ2) is 8.95. The molecule has 1 atom stereocenters. The van der Waals surface area contributed by atoms with E-state index in [9.17, 15) is 27.2 Å². The van der Waals surface area contributed by atoms with Gasteiger partial charge in [-0.15, -0.1) is 0 Å². The van der Waals surface area contributed by atoms with E-state index >= 15 is 0 Å². The van der Waals surface area contributed by atoms with E-state index in [1.807, 2.05) is 0 Å². The number of hydrogen-bond donors (Lipinski definition) is 0. The summed E-state index contributed by atoms with van der Waals surface area (Å²) in [5, 5.41) is 0. The predicted octanol–water partition coefficient (Wildman–Crippen LogP) is 3.34. The van der Waals surface area contributed by atoms with Gasteiger partial charge in [-0.05, 0) is 37.1 Å². The van der Waals surface area contributed by atoms with Crippen LogP contribution in [0.3, 0.4) is 0 Å². The number of carbonyl (C=O) groups excluding carboxylic acids is 2. The van der Waals surface area contributed by atoms with E-state index in [2.05, 4.69) is 21.6 Å². The first-order valence-corrected chi connectivity index (χ1v) is 9.02. The van der Waals surface area contributed by atoms with E-state index in [4.69, 9.17) is 0 Å². The lowest BCUT2D eigenvalue weighted by molar-refractivity contribution is -0.207. The fourth-order valence-electron chi connectivity index (χ4n) is 2.90. The lowest BCUT2D eigenvalue weighted by atomic mass is 10.1. The van der Waals surface area contributed by atoms with Gasteiger partial charge < -0.3 is 9.64 Å². The normalized spacial score (nSPS) is 16.6. The molecule has 3 rings (SSSR count). The van der Waals surface area contributed by atoms with Crippen molar-refractivity contribution in [2.24, 2.45) is 0 Å². The molecule has 9 heteroatoms. The minimum Gasteiger partial charge on any atom is -0.446 e. The Morgan fingerprint density at radius 2 is 2.00 bits per heavy atom. The Morgan fingerprint density at radius 3 is 2.67 bits per heavy atom. The summed E-state index contributed by atoms with van der Waals surface area (Å²) in [4.78, 5) is 28.6. The van der Waals surface area contributed by atoms with Crippen molar-refractivity contribution >= 4 is 11.9 Å². The number of likely N-dealkylation sites (tertiary alicyclic amines) is 1. The van der Waals surface area contributed by atoms with Gasteiger partial charge in [0.2, 0.25) is 0 Å². The number of halogens is 4. The van der Waals surface area contributed by atoms with Crippen LogP contribution in [0.4, 0.5) is 17.6 Å². The number of hydrogen-bond acceptors (Lipinski definition) is 4. The van der Waals surface area contributed by atoms with Gasteiger partial charge in [0.25, 0.3) is 5.91 Å². The second-order valence-electron chi connectivity index (χ2n) is 6.51. The maximum Gasteiger partial charge on any atom is 0.490 e. The summed E-state index contributed by atoms with van der Waals surface area (Å²) < 4.78 is 55.1. The minimum absolute atomic E-state index is 0.0337. The molecule has 1 aromatic carbocycles. The highest BCUT2D eigenvalue weighted by atomic mass is 19.4. The van der Waals surface area contributed by atoms with Gasteiger partial charge in [0, 0.05) is 23.9 Å². The van der Waals surface area contributed by atoms with Crippen molar-refractivity contribution < 1.29 is 31.9 Å². The molecule has 1 aromatic heterocycles. The number of pyridine rings is 1. The molecule has 2 heterocycles. The van der Waals surface area contributed by atoms with Crippen LogP contribution >= 0.6 is 0 Å². The summed E-state index contributed by atoms with van der Waals surface area (Å²) in [7, 11) is 0. The highest BCUT2D eigenvalue weighted by Gasteiger charge is 2.44. The number of esters is 1. The van der Waals surface area contributed by atoms with Crippen LogP contribution in [-0.4, -0.2) is 47.1 Å². The Morgan fingerprint density at radius 1 is 1.23 bits per heavy atom. The maximum atomic E-state index is 13.8. The molecule has 1 amide bonds. The zero-order valence-corrected chi connectivity index (χ0v) is 15.6. The summed E-state index contributed by atoms with van der Waals surface area (Å²) in [6.45, 7) is 0.270. The quantitative estimate of drug-likeness (QED) is 0.434. The average molecular weight is 420 g/mol. The van der Waals surface area contributed by atoms with Crippen LogP contribution in [0.5, 0.6) is 0 Å². The molecule has 1 fully saturated rings. The van der Waals surface area contributed by atoms with E-state index in [-0.39, 0.29) is 13.0 Å². The molecule has 0 bridgehead atoms. The number of amides is 1. The molecule has 2 aromatic rings. The molecule has 0 spiro atoms. The van der Waals surface area contributed by atoms with Gasteiger partial charge in [0.1, 0.15) is 5.82 Å². The van der Waals surface area contributed by atoms with Gasteiger partial charge in [0.05, 0.1) is 12.2 Å². The number of carbonyl (C=O) groups is 2. The highest BCUT2D eigenvalue weighted by molar-refractivity contribution is 5.86. The molecule has 156 valence electrons. The van der Waals surface area contributed by atoms with Crippen LogP contribution in [-0.2, 0) is 14.3 Å². The predicted molar refractivity (Wildman–Crippen MR) is 98.3 cm³/mol. The number of benzene rings is 1. The standard InChI is InChI=1S/C21H16F4N2O3/c22-16-7-2-1-6-15(16)17-10-9-14(13-26-17)5-3-11-27-12-4-8-18(19(27)28)30-20(29)21(23,24)25/h1-2,6-7,9-10,13,18H,4,8,11-12H2. The fraction of sp³-hybridized carbons (Fsp3) is 0.286.